The number of benzene rings is 2. The average molecular weight is 436 g/mol. The van der Waals surface area contributed by atoms with Crippen molar-refractivity contribution in [2.24, 2.45) is 13.0 Å². The summed E-state index contributed by atoms with van der Waals surface area (Å²) in [7, 11) is 1.89. The Balaban J connectivity index is 1.84. The Morgan fingerprint density at radius 2 is 1.77 bits per heavy atom. The molecule has 6 heteroatoms. The van der Waals surface area contributed by atoms with Crippen LogP contribution in [0.25, 0.3) is 22.2 Å². The second-order valence-corrected chi connectivity index (χ2v) is 9.07. The van der Waals surface area contributed by atoms with E-state index in [0.29, 0.717) is 40.0 Å². The lowest BCUT2D eigenvalue weighted by atomic mass is 10.1. The maximum atomic E-state index is 14.2. The summed E-state index contributed by atoms with van der Waals surface area (Å²) in [6.07, 6.45) is 2.84. The first-order valence-electron chi connectivity index (χ1n) is 10.5. The molecule has 0 saturated heterocycles. The van der Waals surface area contributed by atoms with Gasteiger partial charge in [-0.05, 0) is 29.5 Å². The highest BCUT2D eigenvalue weighted by atomic mass is 32.2. The van der Waals surface area contributed by atoms with E-state index < -0.39 is 0 Å². The number of hydrogen-bond acceptors (Lipinski definition) is 3. The molecular formula is C25H26FN3OS. The normalized spacial score (nSPS) is 11.5. The van der Waals surface area contributed by atoms with E-state index in [1.165, 1.54) is 17.8 Å². The van der Waals surface area contributed by atoms with Gasteiger partial charge in [0.25, 0.3) is 5.56 Å². The second kappa shape index (κ2) is 9.10. The number of nitrogens with zero attached hydrogens (tertiary/aromatic N) is 3. The van der Waals surface area contributed by atoms with Gasteiger partial charge in [-0.3, -0.25) is 9.36 Å². The van der Waals surface area contributed by atoms with Crippen LogP contribution in [0.2, 0.25) is 0 Å². The SMILES string of the molecule is CC(C)CCn1c(SCc2ccccc2F)nc2c(-c3ccccc3)cn(C)c2c1=O. The Morgan fingerprint density at radius 3 is 2.48 bits per heavy atom. The van der Waals surface area contributed by atoms with Crippen LogP contribution in [0.4, 0.5) is 4.39 Å². The van der Waals surface area contributed by atoms with Crippen LogP contribution >= 0.6 is 11.8 Å². The van der Waals surface area contributed by atoms with Gasteiger partial charge in [-0.2, -0.15) is 0 Å². The van der Waals surface area contributed by atoms with Crippen LogP contribution in [0.1, 0.15) is 25.8 Å². The van der Waals surface area contributed by atoms with Gasteiger partial charge in [-0.1, -0.05) is 74.1 Å². The lowest BCUT2D eigenvalue weighted by Crippen LogP contribution is -2.25. The van der Waals surface area contributed by atoms with E-state index in [4.69, 9.17) is 4.98 Å². The van der Waals surface area contributed by atoms with Crippen molar-refractivity contribution >= 4 is 22.8 Å². The molecule has 0 N–H and O–H groups in total. The van der Waals surface area contributed by atoms with Crippen molar-refractivity contribution in [3.63, 3.8) is 0 Å². The molecule has 2 aromatic carbocycles. The molecule has 160 valence electrons. The molecule has 4 aromatic rings. The molecule has 0 bridgehead atoms. The zero-order valence-corrected chi connectivity index (χ0v) is 18.8. The third-order valence-corrected chi connectivity index (χ3v) is 6.40. The first kappa shape index (κ1) is 21.4. The summed E-state index contributed by atoms with van der Waals surface area (Å²) < 4.78 is 17.8. The minimum absolute atomic E-state index is 0.0497. The Bertz CT molecular complexity index is 1260. The van der Waals surface area contributed by atoms with Gasteiger partial charge in [0.1, 0.15) is 16.9 Å². The fourth-order valence-electron chi connectivity index (χ4n) is 3.63. The third kappa shape index (κ3) is 4.44. The molecule has 0 aliphatic carbocycles. The molecule has 0 atom stereocenters. The molecule has 0 aliphatic rings. The smallest absolute Gasteiger partial charge is 0.278 e. The number of rotatable bonds is 7. The largest absolute Gasteiger partial charge is 0.344 e. The van der Waals surface area contributed by atoms with Crippen molar-refractivity contribution in [1.82, 2.24) is 14.1 Å². The van der Waals surface area contributed by atoms with E-state index in [9.17, 15) is 9.18 Å². The molecule has 0 spiro atoms. The maximum absolute atomic E-state index is 14.2. The molecule has 0 aliphatic heterocycles. The fraction of sp³-hybridized carbons (Fsp3) is 0.280. The van der Waals surface area contributed by atoms with Crippen molar-refractivity contribution in [2.45, 2.75) is 37.7 Å². The second-order valence-electron chi connectivity index (χ2n) is 8.13. The zero-order valence-electron chi connectivity index (χ0n) is 18.0. The van der Waals surface area contributed by atoms with Crippen LogP contribution in [0.15, 0.2) is 70.7 Å². The standard InChI is InChI=1S/C25H26FN3OS/c1-17(2)13-14-29-24(30)23-22(20(15-28(23)3)18-9-5-4-6-10-18)27-25(29)31-16-19-11-7-8-12-21(19)26/h4-12,15,17H,13-14,16H2,1-3H3. The van der Waals surface area contributed by atoms with Crippen molar-refractivity contribution in [1.29, 1.82) is 0 Å². The molecule has 2 heterocycles. The Kier molecular flexibility index (Phi) is 6.28. The van der Waals surface area contributed by atoms with Gasteiger partial charge in [-0.15, -0.1) is 0 Å². The number of aryl methyl sites for hydroxylation is 1. The van der Waals surface area contributed by atoms with Gasteiger partial charge in [0.2, 0.25) is 0 Å². The number of thioether (sulfide) groups is 1. The zero-order chi connectivity index (χ0) is 22.0. The quantitative estimate of drug-likeness (QED) is 0.269. The topological polar surface area (TPSA) is 39.8 Å². The van der Waals surface area contributed by atoms with E-state index in [1.54, 1.807) is 16.7 Å². The molecule has 0 amide bonds. The molecule has 4 rings (SSSR count). The minimum Gasteiger partial charge on any atom is -0.344 e. The van der Waals surface area contributed by atoms with Gasteiger partial charge >= 0.3 is 0 Å². The summed E-state index contributed by atoms with van der Waals surface area (Å²) in [5.74, 6) is 0.636. The molecule has 0 unspecified atom stereocenters. The predicted molar refractivity (Wildman–Crippen MR) is 126 cm³/mol. The molecule has 4 nitrogen and oxygen atoms in total. The fourth-order valence-corrected chi connectivity index (χ4v) is 4.64. The van der Waals surface area contributed by atoms with E-state index in [-0.39, 0.29) is 11.4 Å². The van der Waals surface area contributed by atoms with E-state index in [2.05, 4.69) is 13.8 Å². The van der Waals surface area contributed by atoms with Crippen molar-refractivity contribution in [3.05, 3.63) is 82.5 Å². The summed E-state index contributed by atoms with van der Waals surface area (Å²) in [5.41, 5.74) is 3.79. The van der Waals surface area contributed by atoms with Crippen LogP contribution in [-0.4, -0.2) is 14.1 Å². The number of fused-ring (bicyclic) bond motifs is 1. The minimum atomic E-state index is -0.239. The van der Waals surface area contributed by atoms with Crippen molar-refractivity contribution in [2.75, 3.05) is 0 Å². The molecule has 0 saturated carbocycles. The number of aromatic nitrogens is 3. The summed E-state index contributed by atoms with van der Waals surface area (Å²) in [6, 6.07) is 16.7. The Hall–Kier alpha value is -2.86. The lowest BCUT2D eigenvalue weighted by Gasteiger charge is -2.14. The monoisotopic (exact) mass is 435 g/mol. The highest BCUT2D eigenvalue weighted by Crippen LogP contribution is 2.30. The van der Waals surface area contributed by atoms with E-state index >= 15 is 0 Å². The molecule has 0 fully saturated rings. The Morgan fingerprint density at radius 1 is 1.06 bits per heavy atom. The van der Waals surface area contributed by atoms with Gasteiger partial charge < -0.3 is 4.57 Å². The third-order valence-electron chi connectivity index (χ3n) is 5.37. The van der Waals surface area contributed by atoms with Gasteiger partial charge in [0.15, 0.2) is 5.16 Å². The molecule has 31 heavy (non-hydrogen) atoms. The predicted octanol–water partition coefficient (Wildman–Crippen LogP) is 5.88. The number of halogens is 1. The summed E-state index contributed by atoms with van der Waals surface area (Å²) in [4.78, 5) is 18.5. The van der Waals surface area contributed by atoms with Crippen LogP contribution in [0.5, 0.6) is 0 Å². The summed E-state index contributed by atoms with van der Waals surface area (Å²) >= 11 is 1.41. The summed E-state index contributed by atoms with van der Waals surface area (Å²) in [6.45, 7) is 4.86. The first-order valence-corrected chi connectivity index (χ1v) is 11.5. The van der Waals surface area contributed by atoms with Gasteiger partial charge in [0, 0.05) is 31.1 Å². The average Bonchev–Trinajstić information content (AvgIpc) is 3.09. The molecule has 2 aromatic heterocycles. The van der Waals surface area contributed by atoms with Crippen LogP contribution in [0.3, 0.4) is 0 Å². The summed E-state index contributed by atoms with van der Waals surface area (Å²) in [5, 5.41) is 0.629. The van der Waals surface area contributed by atoms with Gasteiger partial charge in [-0.25, -0.2) is 9.37 Å². The van der Waals surface area contributed by atoms with Crippen molar-refractivity contribution in [3.8, 4) is 11.1 Å². The highest BCUT2D eigenvalue weighted by molar-refractivity contribution is 7.98. The van der Waals surface area contributed by atoms with E-state index in [0.717, 1.165) is 17.5 Å². The van der Waals surface area contributed by atoms with Crippen LogP contribution in [0, 0.1) is 11.7 Å². The molecular weight excluding hydrogens is 409 g/mol. The van der Waals surface area contributed by atoms with Crippen LogP contribution < -0.4 is 5.56 Å². The van der Waals surface area contributed by atoms with Gasteiger partial charge in [0.05, 0.1) is 0 Å². The Labute approximate surface area is 185 Å². The highest BCUT2D eigenvalue weighted by Gasteiger charge is 2.19. The van der Waals surface area contributed by atoms with Crippen molar-refractivity contribution < 1.29 is 4.39 Å². The maximum Gasteiger partial charge on any atom is 0.278 e. The van der Waals surface area contributed by atoms with E-state index in [1.807, 2.05) is 54.2 Å². The van der Waals surface area contributed by atoms with Crippen LogP contribution in [-0.2, 0) is 19.3 Å². The molecule has 0 radical (unpaired) electrons. The lowest BCUT2D eigenvalue weighted by molar-refractivity contribution is 0.480. The first-order chi connectivity index (χ1) is 15.0. The number of hydrogen-bond donors (Lipinski definition) is 0.